The quantitative estimate of drug-likeness (QED) is 0.562. The van der Waals surface area contributed by atoms with Crippen molar-refractivity contribution in [3.05, 3.63) is 41.5 Å². The van der Waals surface area contributed by atoms with Crippen molar-refractivity contribution in [1.82, 2.24) is 0 Å². The molecule has 3 heteroatoms. The molecule has 1 rings (SSSR count). The summed E-state index contributed by atoms with van der Waals surface area (Å²) in [5.74, 6) is -0.458. The van der Waals surface area contributed by atoms with Gasteiger partial charge in [-0.1, -0.05) is 25.1 Å². The molecule has 0 aliphatic rings. The summed E-state index contributed by atoms with van der Waals surface area (Å²) in [6, 6.07) is 7.23. The predicted molar refractivity (Wildman–Crippen MR) is 56.9 cm³/mol. The summed E-state index contributed by atoms with van der Waals surface area (Å²) in [6.45, 7) is 5.55. The van der Waals surface area contributed by atoms with Crippen LogP contribution in [0.1, 0.15) is 36.2 Å². The molecule has 0 amide bonds. The molecule has 0 saturated carbocycles. The molecule has 0 aromatic heterocycles. The molecular weight excluding hydrogens is 192 g/mol. The zero-order valence-electron chi connectivity index (χ0n) is 9.24. The Bertz CT molecular complexity index is 333. The smallest absolute Gasteiger partial charge is 0.292 e. The van der Waals surface area contributed by atoms with E-state index in [4.69, 9.17) is 4.89 Å². The normalized spacial score (nSPS) is 10.4. The second-order valence-corrected chi connectivity index (χ2v) is 3.32. The number of carbonyl (C=O) groups is 1. The molecule has 1 aromatic carbocycles. The van der Waals surface area contributed by atoms with Crippen LogP contribution in [-0.4, -0.2) is 5.97 Å². The molecule has 81 valence electrons. The van der Waals surface area contributed by atoms with Crippen LogP contribution in [0.3, 0.4) is 0 Å². The molecule has 0 fully saturated rings. The summed E-state index contributed by atoms with van der Waals surface area (Å²) in [5.41, 5.74) is 1.40. The van der Waals surface area contributed by atoms with Crippen LogP contribution < -0.4 is 0 Å². The lowest BCUT2D eigenvalue weighted by atomic mass is 10.1. The van der Waals surface area contributed by atoms with Gasteiger partial charge in [-0.05, 0) is 31.9 Å². The second-order valence-electron chi connectivity index (χ2n) is 3.32. The lowest BCUT2D eigenvalue weighted by molar-refractivity contribution is -0.232. The Morgan fingerprint density at radius 2 is 1.93 bits per heavy atom. The molecule has 3 nitrogen and oxygen atoms in total. The van der Waals surface area contributed by atoms with Crippen LogP contribution in [0.15, 0.2) is 24.3 Å². The zero-order chi connectivity index (χ0) is 11.3. The second kappa shape index (κ2) is 5.51. The minimum atomic E-state index is -0.458. The van der Waals surface area contributed by atoms with Gasteiger partial charge in [0.15, 0.2) is 0 Å². The van der Waals surface area contributed by atoms with Crippen LogP contribution in [0.5, 0.6) is 0 Å². The fourth-order valence-corrected chi connectivity index (χ4v) is 1.01. The third-order valence-electron chi connectivity index (χ3n) is 2.12. The zero-order valence-corrected chi connectivity index (χ0v) is 9.24. The van der Waals surface area contributed by atoms with Crippen molar-refractivity contribution in [2.75, 3.05) is 0 Å². The van der Waals surface area contributed by atoms with Crippen molar-refractivity contribution in [3.63, 3.8) is 0 Å². The van der Waals surface area contributed by atoms with E-state index in [0.29, 0.717) is 11.7 Å². The van der Waals surface area contributed by atoms with Gasteiger partial charge in [-0.15, -0.1) is 0 Å². The highest BCUT2D eigenvalue weighted by Crippen LogP contribution is 2.12. The fraction of sp³-hybridized carbons (Fsp3) is 0.333. The first-order chi connectivity index (χ1) is 7.15. The van der Waals surface area contributed by atoms with Gasteiger partial charge in [0, 0.05) is 0 Å². The van der Waals surface area contributed by atoms with Crippen LogP contribution in [0, 0.1) is 13.0 Å². The first kappa shape index (κ1) is 11.7. The van der Waals surface area contributed by atoms with E-state index in [1.807, 2.05) is 26.0 Å². The molecule has 0 aliphatic carbocycles. The number of aryl methyl sites for hydroxylation is 1. The van der Waals surface area contributed by atoms with Crippen LogP contribution in [0.25, 0.3) is 0 Å². The van der Waals surface area contributed by atoms with Crippen molar-refractivity contribution in [1.29, 1.82) is 0 Å². The predicted octanol–water partition coefficient (Wildman–Crippen LogP) is 3.05. The molecule has 15 heavy (non-hydrogen) atoms. The van der Waals surface area contributed by atoms with Crippen molar-refractivity contribution in [2.45, 2.75) is 27.2 Å². The number of carbonyl (C=O) groups excluding carboxylic acids is 1. The summed E-state index contributed by atoms with van der Waals surface area (Å²) in [5, 5.41) is 0. The molecule has 0 heterocycles. The highest BCUT2D eigenvalue weighted by Gasteiger charge is 2.12. The van der Waals surface area contributed by atoms with Crippen molar-refractivity contribution < 1.29 is 14.6 Å². The van der Waals surface area contributed by atoms with E-state index in [9.17, 15) is 4.79 Å². The van der Waals surface area contributed by atoms with Gasteiger partial charge in [0.25, 0.3) is 0 Å². The lowest BCUT2D eigenvalue weighted by Crippen LogP contribution is -2.09. The minimum absolute atomic E-state index is 0.458. The summed E-state index contributed by atoms with van der Waals surface area (Å²) < 4.78 is 0. The average Bonchev–Trinajstić information content (AvgIpc) is 2.26. The fourth-order valence-electron chi connectivity index (χ4n) is 1.01. The first-order valence-corrected chi connectivity index (χ1v) is 4.92. The highest BCUT2D eigenvalue weighted by atomic mass is 17.2. The molecule has 0 saturated heterocycles. The SMILES string of the molecule is CC[C](C)OOC(=O)c1ccccc1C. The van der Waals surface area contributed by atoms with Crippen LogP contribution in [0.4, 0.5) is 0 Å². The lowest BCUT2D eigenvalue weighted by Gasteiger charge is -2.08. The third kappa shape index (κ3) is 3.36. The van der Waals surface area contributed by atoms with Gasteiger partial charge in [0.1, 0.15) is 6.10 Å². The molecule has 1 aromatic rings. The Labute approximate surface area is 89.9 Å². The van der Waals surface area contributed by atoms with Gasteiger partial charge >= 0.3 is 5.97 Å². The Morgan fingerprint density at radius 1 is 1.27 bits per heavy atom. The van der Waals surface area contributed by atoms with Gasteiger partial charge in [0.2, 0.25) is 0 Å². The van der Waals surface area contributed by atoms with Gasteiger partial charge in [-0.25, -0.2) is 4.79 Å². The summed E-state index contributed by atoms with van der Waals surface area (Å²) >= 11 is 0. The minimum Gasteiger partial charge on any atom is -0.292 e. The number of hydrogen-bond donors (Lipinski definition) is 0. The van der Waals surface area contributed by atoms with E-state index < -0.39 is 5.97 Å². The average molecular weight is 207 g/mol. The standard InChI is InChI=1S/C12H15O3/c1-4-10(3)14-15-12(13)11-8-6-5-7-9(11)2/h5-8H,4H2,1-3H3. The van der Waals surface area contributed by atoms with Crippen molar-refractivity contribution >= 4 is 5.97 Å². The molecule has 1 radical (unpaired) electrons. The maximum atomic E-state index is 11.5. The van der Waals surface area contributed by atoms with E-state index in [1.54, 1.807) is 19.1 Å². The Morgan fingerprint density at radius 3 is 2.53 bits per heavy atom. The van der Waals surface area contributed by atoms with Gasteiger partial charge < -0.3 is 0 Å². The van der Waals surface area contributed by atoms with E-state index in [-0.39, 0.29) is 0 Å². The Kier molecular flexibility index (Phi) is 4.31. The van der Waals surface area contributed by atoms with Gasteiger partial charge in [-0.3, -0.25) is 4.89 Å². The van der Waals surface area contributed by atoms with E-state index >= 15 is 0 Å². The monoisotopic (exact) mass is 207 g/mol. The third-order valence-corrected chi connectivity index (χ3v) is 2.12. The number of benzene rings is 1. The van der Waals surface area contributed by atoms with Crippen LogP contribution in [0.2, 0.25) is 0 Å². The maximum absolute atomic E-state index is 11.5. The van der Waals surface area contributed by atoms with Crippen LogP contribution in [-0.2, 0) is 9.78 Å². The molecular formula is C12H15O3. The summed E-state index contributed by atoms with van der Waals surface area (Å²) in [4.78, 5) is 21.0. The molecule has 0 bridgehead atoms. The number of hydrogen-bond acceptors (Lipinski definition) is 3. The number of rotatable bonds is 4. The Hall–Kier alpha value is -1.35. The first-order valence-electron chi connectivity index (χ1n) is 4.92. The van der Waals surface area contributed by atoms with Gasteiger partial charge in [-0.2, -0.15) is 4.89 Å². The molecule has 0 aliphatic heterocycles. The maximum Gasteiger partial charge on any atom is 0.373 e. The molecule has 0 atom stereocenters. The largest absolute Gasteiger partial charge is 0.373 e. The van der Waals surface area contributed by atoms with Crippen molar-refractivity contribution in [3.8, 4) is 0 Å². The van der Waals surface area contributed by atoms with Crippen LogP contribution >= 0.6 is 0 Å². The molecule has 0 unspecified atom stereocenters. The Balaban J connectivity index is 2.58. The van der Waals surface area contributed by atoms with E-state index in [0.717, 1.165) is 12.0 Å². The molecule has 0 N–H and O–H groups in total. The summed E-state index contributed by atoms with van der Waals surface area (Å²) in [6.07, 6.45) is 1.40. The van der Waals surface area contributed by atoms with Crippen molar-refractivity contribution in [2.24, 2.45) is 0 Å². The van der Waals surface area contributed by atoms with E-state index in [1.165, 1.54) is 0 Å². The molecule has 0 spiro atoms. The van der Waals surface area contributed by atoms with Gasteiger partial charge in [0.05, 0.1) is 5.56 Å². The van der Waals surface area contributed by atoms with E-state index in [2.05, 4.69) is 4.89 Å². The topological polar surface area (TPSA) is 35.5 Å². The summed E-state index contributed by atoms with van der Waals surface area (Å²) in [7, 11) is 0. The highest BCUT2D eigenvalue weighted by molar-refractivity contribution is 5.90.